The number of hydrogen-bond acceptors (Lipinski definition) is 3. The average Bonchev–Trinajstić information content (AvgIpc) is 3.19. The summed E-state index contributed by atoms with van der Waals surface area (Å²) in [4.78, 5) is 14.9. The van der Waals surface area contributed by atoms with Crippen LogP contribution in [0.4, 0.5) is 0 Å². The first-order valence-electron chi connectivity index (χ1n) is 8.38. The predicted octanol–water partition coefficient (Wildman–Crippen LogP) is 2.64. The molecule has 0 aliphatic carbocycles. The lowest BCUT2D eigenvalue weighted by atomic mass is 10.0. The molecule has 0 atom stereocenters. The van der Waals surface area contributed by atoms with Crippen molar-refractivity contribution in [2.24, 2.45) is 0 Å². The van der Waals surface area contributed by atoms with Crippen LogP contribution < -0.4 is 0 Å². The third-order valence-electron chi connectivity index (χ3n) is 4.97. The van der Waals surface area contributed by atoms with Crippen molar-refractivity contribution < 1.29 is 14.3 Å². The van der Waals surface area contributed by atoms with Crippen LogP contribution in [0.3, 0.4) is 0 Å². The molecule has 0 bridgehead atoms. The van der Waals surface area contributed by atoms with E-state index in [-0.39, 0.29) is 5.91 Å². The summed E-state index contributed by atoms with van der Waals surface area (Å²) in [5.41, 5.74) is 1.90. The third kappa shape index (κ3) is 2.44. The fourth-order valence-corrected chi connectivity index (χ4v) is 3.73. The molecule has 1 amide bonds. The SMILES string of the molecule is CCn1c(C(=O)N2CCC3(CC2)OCCO3)cc2ccccc21. The quantitative estimate of drug-likeness (QED) is 0.856. The van der Waals surface area contributed by atoms with Crippen molar-refractivity contribution in [3.05, 3.63) is 36.0 Å². The van der Waals surface area contributed by atoms with Crippen LogP contribution in [-0.2, 0) is 16.0 Å². The molecule has 2 aromatic rings. The largest absolute Gasteiger partial charge is 0.347 e. The van der Waals surface area contributed by atoms with E-state index < -0.39 is 5.79 Å². The van der Waals surface area contributed by atoms with E-state index in [0.29, 0.717) is 26.3 Å². The fourth-order valence-electron chi connectivity index (χ4n) is 3.73. The second-order valence-electron chi connectivity index (χ2n) is 6.23. The first kappa shape index (κ1) is 14.7. The molecule has 1 spiro atoms. The lowest BCUT2D eigenvalue weighted by Gasteiger charge is -2.37. The van der Waals surface area contributed by atoms with Crippen LogP contribution in [0.2, 0.25) is 0 Å². The zero-order valence-corrected chi connectivity index (χ0v) is 13.5. The normalized spacial score (nSPS) is 20.5. The highest BCUT2D eigenvalue weighted by atomic mass is 16.7. The molecule has 3 heterocycles. The Labute approximate surface area is 135 Å². The minimum Gasteiger partial charge on any atom is -0.347 e. The van der Waals surface area contributed by atoms with Gasteiger partial charge in [-0.25, -0.2) is 0 Å². The fraction of sp³-hybridized carbons (Fsp3) is 0.500. The number of rotatable bonds is 2. The minimum absolute atomic E-state index is 0.107. The van der Waals surface area contributed by atoms with Crippen molar-refractivity contribution in [3.8, 4) is 0 Å². The molecular weight excluding hydrogens is 292 g/mol. The van der Waals surface area contributed by atoms with Crippen LogP contribution in [0.5, 0.6) is 0 Å². The lowest BCUT2D eigenvalue weighted by Crippen LogP contribution is -2.47. The second kappa shape index (κ2) is 5.65. The first-order valence-corrected chi connectivity index (χ1v) is 8.38. The van der Waals surface area contributed by atoms with Gasteiger partial charge in [-0.15, -0.1) is 0 Å². The summed E-state index contributed by atoms with van der Waals surface area (Å²) in [6.45, 7) is 5.57. The van der Waals surface area contributed by atoms with E-state index in [1.165, 1.54) is 0 Å². The third-order valence-corrected chi connectivity index (χ3v) is 4.97. The Kier molecular flexibility index (Phi) is 3.62. The Morgan fingerprint density at radius 3 is 2.57 bits per heavy atom. The van der Waals surface area contributed by atoms with Crippen LogP contribution in [-0.4, -0.2) is 47.5 Å². The van der Waals surface area contributed by atoms with Crippen LogP contribution in [0.1, 0.15) is 30.3 Å². The summed E-state index contributed by atoms with van der Waals surface area (Å²) >= 11 is 0. The predicted molar refractivity (Wildman–Crippen MR) is 87.4 cm³/mol. The van der Waals surface area contributed by atoms with E-state index in [4.69, 9.17) is 9.47 Å². The molecule has 0 radical (unpaired) electrons. The molecule has 1 aromatic carbocycles. The highest BCUT2D eigenvalue weighted by Gasteiger charge is 2.41. The molecule has 5 heteroatoms. The summed E-state index contributed by atoms with van der Waals surface area (Å²) in [7, 11) is 0. The smallest absolute Gasteiger partial charge is 0.270 e. The van der Waals surface area contributed by atoms with Gasteiger partial charge in [0.05, 0.1) is 13.2 Å². The molecular formula is C18H22N2O3. The monoisotopic (exact) mass is 314 g/mol. The molecule has 122 valence electrons. The van der Waals surface area contributed by atoms with E-state index >= 15 is 0 Å². The van der Waals surface area contributed by atoms with Crippen LogP contribution in [0.15, 0.2) is 30.3 Å². The summed E-state index contributed by atoms with van der Waals surface area (Å²) < 4.78 is 13.6. The molecule has 2 fully saturated rings. The molecule has 2 saturated heterocycles. The van der Waals surface area contributed by atoms with Crippen LogP contribution in [0, 0.1) is 0 Å². The topological polar surface area (TPSA) is 43.7 Å². The molecule has 23 heavy (non-hydrogen) atoms. The number of likely N-dealkylation sites (tertiary alicyclic amines) is 1. The molecule has 4 rings (SSSR count). The standard InChI is InChI=1S/C18H22N2O3/c1-2-20-15-6-4-3-5-14(15)13-16(20)17(21)19-9-7-18(8-10-19)22-11-12-23-18/h3-6,13H,2,7-12H2,1H3. The number of fused-ring (bicyclic) bond motifs is 1. The molecule has 0 N–H and O–H groups in total. The van der Waals surface area contributed by atoms with Gasteiger partial charge in [0.15, 0.2) is 5.79 Å². The summed E-state index contributed by atoms with van der Waals surface area (Å²) in [5.74, 6) is -0.329. The molecule has 1 aromatic heterocycles. The maximum atomic E-state index is 13.0. The lowest BCUT2D eigenvalue weighted by molar-refractivity contribution is -0.181. The number of aryl methyl sites for hydroxylation is 1. The zero-order valence-electron chi connectivity index (χ0n) is 13.5. The highest BCUT2D eigenvalue weighted by Crippen LogP contribution is 2.32. The van der Waals surface area contributed by atoms with Gasteiger partial charge in [0, 0.05) is 43.4 Å². The van der Waals surface area contributed by atoms with Gasteiger partial charge in [-0.05, 0) is 19.1 Å². The molecule has 2 aliphatic rings. The Morgan fingerprint density at radius 2 is 1.87 bits per heavy atom. The number of piperidine rings is 1. The highest BCUT2D eigenvalue weighted by molar-refractivity contribution is 5.98. The van der Waals surface area contributed by atoms with E-state index in [1.807, 2.05) is 23.1 Å². The number of carbonyl (C=O) groups is 1. The van der Waals surface area contributed by atoms with E-state index in [2.05, 4.69) is 23.6 Å². The Hall–Kier alpha value is -1.85. The maximum absolute atomic E-state index is 13.0. The number of amides is 1. The van der Waals surface area contributed by atoms with Gasteiger partial charge in [0.2, 0.25) is 0 Å². The van der Waals surface area contributed by atoms with E-state index in [1.54, 1.807) is 0 Å². The van der Waals surface area contributed by atoms with E-state index in [0.717, 1.165) is 36.0 Å². The number of carbonyl (C=O) groups excluding carboxylic acids is 1. The molecule has 5 nitrogen and oxygen atoms in total. The van der Waals surface area contributed by atoms with Crippen molar-refractivity contribution in [2.45, 2.75) is 32.1 Å². The van der Waals surface area contributed by atoms with Crippen molar-refractivity contribution >= 4 is 16.8 Å². The maximum Gasteiger partial charge on any atom is 0.270 e. The molecule has 0 saturated carbocycles. The number of aromatic nitrogens is 1. The van der Waals surface area contributed by atoms with Crippen molar-refractivity contribution in [2.75, 3.05) is 26.3 Å². The summed E-state index contributed by atoms with van der Waals surface area (Å²) in [6, 6.07) is 10.2. The number of nitrogens with zero attached hydrogens (tertiary/aromatic N) is 2. The molecule has 2 aliphatic heterocycles. The number of ether oxygens (including phenoxy) is 2. The first-order chi connectivity index (χ1) is 11.2. The number of hydrogen-bond donors (Lipinski definition) is 0. The van der Waals surface area contributed by atoms with Gasteiger partial charge in [-0.2, -0.15) is 0 Å². The van der Waals surface area contributed by atoms with Crippen LogP contribution >= 0.6 is 0 Å². The Balaban J connectivity index is 1.58. The van der Waals surface area contributed by atoms with Crippen molar-refractivity contribution in [1.29, 1.82) is 0 Å². The van der Waals surface area contributed by atoms with Gasteiger partial charge < -0.3 is 18.9 Å². The second-order valence-corrected chi connectivity index (χ2v) is 6.23. The van der Waals surface area contributed by atoms with Gasteiger partial charge in [-0.3, -0.25) is 4.79 Å². The van der Waals surface area contributed by atoms with Crippen LogP contribution in [0.25, 0.3) is 10.9 Å². The van der Waals surface area contributed by atoms with Gasteiger partial charge in [0.25, 0.3) is 5.91 Å². The summed E-state index contributed by atoms with van der Waals surface area (Å²) in [6.07, 6.45) is 1.51. The number of para-hydroxylation sites is 1. The van der Waals surface area contributed by atoms with Crippen molar-refractivity contribution in [3.63, 3.8) is 0 Å². The summed E-state index contributed by atoms with van der Waals surface area (Å²) in [5, 5.41) is 1.12. The molecule has 0 unspecified atom stereocenters. The van der Waals surface area contributed by atoms with Gasteiger partial charge in [-0.1, -0.05) is 18.2 Å². The Bertz CT molecular complexity index is 721. The zero-order chi connectivity index (χ0) is 15.9. The Morgan fingerprint density at radius 1 is 1.17 bits per heavy atom. The van der Waals surface area contributed by atoms with Gasteiger partial charge in [0.1, 0.15) is 5.69 Å². The van der Waals surface area contributed by atoms with Crippen molar-refractivity contribution in [1.82, 2.24) is 9.47 Å². The number of benzene rings is 1. The van der Waals surface area contributed by atoms with E-state index in [9.17, 15) is 4.79 Å². The minimum atomic E-state index is -0.436. The van der Waals surface area contributed by atoms with Gasteiger partial charge >= 0.3 is 0 Å². The average molecular weight is 314 g/mol.